The monoisotopic (exact) mass is 288 g/mol. The summed E-state index contributed by atoms with van der Waals surface area (Å²) in [6.07, 6.45) is 0. The maximum absolute atomic E-state index is 12.3. The van der Waals surface area contributed by atoms with Gasteiger partial charge in [0.25, 0.3) is 0 Å². The molecule has 0 aliphatic carbocycles. The molecule has 2 rings (SSSR count). The largest absolute Gasteiger partial charge is 0.476 e. The molecule has 1 aromatic heterocycles. The normalized spacial score (nSPS) is 10.7. The number of hydrogen-bond acceptors (Lipinski definition) is 3. The van der Waals surface area contributed by atoms with Gasteiger partial charge < -0.3 is 9.84 Å². The zero-order valence-electron chi connectivity index (χ0n) is 9.26. The van der Waals surface area contributed by atoms with Gasteiger partial charge in [0.15, 0.2) is 5.69 Å². The van der Waals surface area contributed by atoms with Gasteiger partial charge >= 0.3 is 12.6 Å². The number of carboxylic acid groups (broad SMARTS) is 1. The molecule has 1 N–H and O–H groups in total. The molecule has 0 saturated heterocycles. The van der Waals surface area contributed by atoms with Crippen LogP contribution in [0.5, 0.6) is 5.88 Å². The molecule has 0 aliphatic heterocycles. The molecule has 1 heterocycles. The zero-order valence-corrected chi connectivity index (χ0v) is 10.0. The molecule has 1 aromatic carbocycles. The van der Waals surface area contributed by atoms with Crippen LogP contribution >= 0.6 is 11.6 Å². The summed E-state index contributed by atoms with van der Waals surface area (Å²) in [7, 11) is 0. The molecule has 100 valence electrons. The van der Waals surface area contributed by atoms with E-state index in [2.05, 4.69) is 9.84 Å². The predicted octanol–water partition coefficient (Wildman–Crippen LogP) is 2.83. The second-order valence-corrected chi connectivity index (χ2v) is 3.88. The Kier molecular flexibility index (Phi) is 3.66. The Balaban J connectivity index is 2.50. The SMILES string of the molecule is O=C(O)c1cc(OC(F)F)n(-c2cccc(Cl)c2)n1. The minimum absolute atomic E-state index is 0.315. The van der Waals surface area contributed by atoms with Gasteiger partial charge in [-0.3, -0.25) is 0 Å². The molecule has 0 fully saturated rings. The fourth-order valence-electron chi connectivity index (χ4n) is 1.44. The average Bonchev–Trinajstić information content (AvgIpc) is 2.72. The fraction of sp³-hybridized carbons (Fsp3) is 0.0909. The van der Waals surface area contributed by atoms with Gasteiger partial charge in [-0.25, -0.2) is 9.48 Å². The van der Waals surface area contributed by atoms with Gasteiger partial charge in [0.1, 0.15) is 0 Å². The Hall–Kier alpha value is -2.15. The van der Waals surface area contributed by atoms with E-state index >= 15 is 0 Å². The van der Waals surface area contributed by atoms with E-state index in [1.165, 1.54) is 12.1 Å². The summed E-state index contributed by atoms with van der Waals surface area (Å²) >= 11 is 5.78. The third-order valence-corrected chi connectivity index (χ3v) is 2.39. The number of ether oxygens (including phenoxy) is 1. The van der Waals surface area contributed by atoms with Crippen LogP contribution in [-0.2, 0) is 0 Å². The van der Waals surface area contributed by atoms with Gasteiger partial charge in [0.05, 0.1) is 5.69 Å². The third-order valence-electron chi connectivity index (χ3n) is 2.16. The quantitative estimate of drug-likeness (QED) is 0.939. The minimum atomic E-state index is -3.09. The molecule has 2 aromatic rings. The molecular weight excluding hydrogens is 282 g/mol. The van der Waals surface area contributed by atoms with Crippen molar-refractivity contribution in [3.63, 3.8) is 0 Å². The summed E-state index contributed by atoms with van der Waals surface area (Å²) < 4.78 is 29.7. The van der Waals surface area contributed by atoms with Crippen LogP contribution in [0.2, 0.25) is 5.02 Å². The average molecular weight is 289 g/mol. The summed E-state index contributed by atoms with van der Waals surface area (Å²) in [5, 5.41) is 12.8. The lowest BCUT2D eigenvalue weighted by atomic mass is 10.3. The molecular formula is C11H7ClF2N2O3. The second-order valence-electron chi connectivity index (χ2n) is 3.44. The Morgan fingerprint density at radius 2 is 2.16 bits per heavy atom. The van der Waals surface area contributed by atoms with Crippen molar-refractivity contribution in [3.8, 4) is 11.6 Å². The summed E-state index contributed by atoms with van der Waals surface area (Å²) in [5.41, 5.74) is -0.0914. The van der Waals surface area contributed by atoms with E-state index in [-0.39, 0.29) is 5.88 Å². The number of aromatic carboxylic acids is 1. The van der Waals surface area contributed by atoms with Crippen LogP contribution in [-0.4, -0.2) is 27.5 Å². The Morgan fingerprint density at radius 1 is 1.42 bits per heavy atom. The highest BCUT2D eigenvalue weighted by Gasteiger charge is 2.18. The van der Waals surface area contributed by atoms with Crippen molar-refractivity contribution >= 4 is 17.6 Å². The summed E-state index contributed by atoms with van der Waals surface area (Å²) in [6, 6.07) is 7.04. The van der Waals surface area contributed by atoms with E-state index in [9.17, 15) is 13.6 Å². The lowest BCUT2D eigenvalue weighted by Gasteiger charge is -2.07. The van der Waals surface area contributed by atoms with Crippen LogP contribution in [0, 0.1) is 0 Å². The van der Waals surface area contributed by atoms with E-state index in [1.807, 2.05) is 0 Å². The van der Waals surface area contributed by atoms with Crippen molar-refractivity contribution in [1.29, 1.82) is 0 Å². The Labute approximate surface area is 111 Å². The van der Waals surface area contributed by atoms with Crippen molar-refractivity contribution in [2.45, 2.75) is 6.61 Å². The first-order valence-corrected chi connectivity index (χ1v) is 5.39. The minimum Gasteiger partial charge on any atom is -0.476 e. The molecule has 0 aliphatic rings. The summed E-state index contributed by atoms with van der Waals surface area (Å²) in [4.78, 5) is 10.8. The number of halogens is 3. The predicted molar refractivity (Wildman–Crippen MR) is 62.2 cm³/mol. The number of aromatic nitrogens is 2. The number of nitrogens with zero attached hydrogens (tertiary/aromatic N) is 2. The van der Waals surface area contributed by atoms with Crippen LogP contribution in [0.4, 0.5) is 8.78 Å². The Bertz CT molecular complexity index is 616. The summed E-state index contributed by atoms with van der Waals surface area (Å²) in [6.45, 7) is -3.09. The molecule has 0 radical (unpaired) electrons. The maximum atomic E-state index is 12.3. The lowest BCUT2D eigenvalue weighted by Crippen LogP contribution is -2.07. The Morgan fingerprint density at radius 3 is 2.74 bits per heavy atom. The van der Waals surface area contributed by atoms with Crippen LogP contribution in [0.3, 0.4) is 0 Å². The summed E-state index contributed by atoms with van der Waals surface area (Å²) in [5.74, 6) is -1.73. The number of alkyl halides is 2. The van der Waals surface area contributed by atoms with E-state index < -0.39 is 18.3 Å². The molecule has 5 nitrogen and oxygen atoms in total. The van der Waals surface area contributed by atoms with Crippen molar-refractivity contribution < 1.29 is 23.4 Å². The molecule has 0 unspecified atom stereocenters. The standard InChI is InChI=1S/C11H7ClF2N2O3/c12-6-2-1-3-7(4-6)16-9(19-11(13)14)5-8(15-16)10(17)18/h1-5,11H,(H,17,18). The number of carbonyl (C=O) groups is 1. The topological polar surface area (TPSA) is 64.3 Å². The van der Waals surface area contributed by atoms with Crippen LogP contribution in [0.15, 0.2) is 30.3 Å². The molecule has 8 heteroatoms. The highest BCUT2D eigenvalue weighted by molar-refractivity contribution is 6.30. The number of carboxylic acids is 1. The van der Waals surface area contributed by atoms with Gasteiger partial charge in [-0.2, -0.15) is 13.9 Å². The molecule has 0 spiro atoms. The molecule has 0 saturated carbocycles. The van der Waals surface area contributed by atoms with E-state index in [0.29, 0.717) is 10.7 Å². The number of rotatable bonds is 4. The lowest BCUT2D eigenvalue weighted by molar-refractivity contribution is -0.0544. The zero-order chi connectivity index (χ0) is 14.0. The highest BCUT2D eigenvalue weighted by atomic mass is 35.5. The third kappa shape index (κ3) is 3.00. The van der Waals surface area contributed by atoms with Crippen molar-refractivity contribution in [1.82, 2.24) is 9.78 Å². The molecule has 19 heavy (non-hydrogen) atoms. The van der Waals surface area contributed by atoms with E-state index in [0.717, 1.165) is 10.7 Å². The van der Waals surface area contributed by atoms with Gasteiger partial charge in [0, 0.05) is 11.1 Å². The highest BCUT2D eigenvalue weighted by Crippen LogP contribution is 2.23. The molecule has 0 amide bonds. The van der Waals surface area contributed by atoms with Crippen LogP contribution < -0.4 is 4.74 Å². The van der Waals surface area contributed by atoms with Gasteiger partial charge in [-0.05, 0) is 18.2 Å². The van der Waals surface area contributed by atoms with Crippen molar-refractivity contribution in [3.05, 3.63) is 41.0 Å². The first kappa shape index (κ1) is 13.3. The number of benzene rings is 1. The van der Waals surface area contributed by atoms with Crippen LogP contribution in [0.1, 0.15) is 10.5 Å². The smallest absolute Gasteiger partial charge is 0.388 e. The first-order chi connectivity index (χ1) is 8.97. The van der Waals surface area contributed by atoms with Gasteiger partial charge in [-0.15, -0.1) is 0 Å². The first-order valence-electron chi connectivity index (χ1n) is 5.01. The molecule has 0 bridgehead atoms. The van der Waals surface area contributed by atoms with E-state index in [4.69, 9.17) is 16.7 Å². The van der Waals surface area contributed by atoms with E-state index in [1.54, 1.807) is 12.1 Å². The molecule has 0 atom stereocenters. The van der Waals surface area contributed by atoms with Crippen LogP contribution in [0.25, 0.3) is 5.69 Å². The van der Waals surface area contributed by atoms with Gasteiger partial charge in [-0.1, -0.05) is 17.7 Å². The van der Waals surface area contributed by atoms with Crippen molar-refractivity contribution in [2.75, 3.05) is 0 Å². The fourth-order valence-corrected chi connectivity index (χ4v) is 1.62. The number of hydrogen-bond donors (Lipinski definition) is 1. The van der Waals surface area contributed by atoms with Gasteiger partial charge in [0.2, 0.25) is 5.88 Å². The van der Waals surface area contributed by atoms with Crippen molar-refractivity contribution in [2.24, 2.45) is 0 Å². The maximum Gasteiger partial charge on any atom is 0.388 e. The second kappa shape index (κ2) is 5.23.